The van der Waals surface area contributed by atoms with Crippen LogP contribution in [0.15, 0.2) is 35.9 Å². The van der Waals surface area contributed by atoms with Crippen molar-refractivity contribution < 1.29 is 9.90 Å². The number of rotatable bonds is 1. The van der Waals surface area contributed by atoms with Crippen molar-refractivity contribution in [3.05, 3.63) is 41.5 Å². The normalized spacial score (nSPS) is 20.1. The number of hydrogen-bond donors (Lipinski definition) is 1. The van der Waals surface area contributed by atoms with Crippen LogP contribution in [0.25, 0.3) is 5.76 Å². The van der Waals surface area contributed by atoms with Crippen LogP contribution in [0.5, 0.6) is 0 Å². The molecule has 0 radical (unpaired) electrons. The van der Waals surface area contributed by atoms with E-state index in [1.54, 1.807) is 0 Å². The van der Waals surface area contributed by atoms with Gasteiger partial charge in [-0.2, -0.15) is 0 Å². The molecule has 2 nitrogen and oxygen atoms in total. The lowest BCUT2D eigenvalue weighted by molar-refractivity contribution is -0.116. The van der Waals surface area contributed by atoms with Gasteiger partial charge in [0, 0.05) is 17.6 Å². The highest BCUT2D eigenvalue weighted by Gasteiger charge is 2.19. The second kappa shape index (κ2) is 4.30. The van der Waals surface area contributed by atoms with E-state index in [1.807, 2.05) is 30.3 Å². The minimum Gasteiger partial charge on any atom is -0.507 e. The Morgan fingerprint density at radius 3 is 2.40 bits per heavy atom. The number of aliphatic hydroxyl groups excluding tert-OH is 1. The average Bonchev–Trinajstić information content (AvgIpc) is 2.30. The monoisotopic (exact) mass is 202 g/mol. The van der Waals surface area contributed by atoms with E-state index in [1.165, 1.54) is 0 Å². The van der Waals surface area contributed by atoms with Crippen molar-refractivity contribution in [2.45, 2.75) is 25.7 Å². The summed E-state index contributed by atoms with van der Waals surface area (Å²) in [5.74, 6) is 0.267. The van der Waals surface area contributed by atoms with Crippen molar-refractivity contribution in [2.24, 2.45) is 0 Å². The zero-order valence-electron chi connectivity index (χ0n) is 8.57. The van der Waals surface area contributed by atoms with Crippen molar-refractivity contribution >= 4 is 11.5 Å². The van der Waals surface area contributed by atoms with Crippen LogP contribution in [0.2, 0.25) is 0 Å². The van der Waals surface area contributed by atoms with Gasteiger partial charge in [0.05, 0.1) is 0 Å². The molecule has 2 rings (SSSR count). The Hall–Kier alpha value is -1.57. The van der Waals surface area contributed by atoms with Crippen LogP contribution in [0.4, 0.5) is 0 Å². The van der Waals surface area contributed by atoms with Crippen molar-refractivity contribution in [1.29, 1.82) is 0 Å². The van der Waals surface area contributed by atoms with Gasteiger partial charge in [0.2, 0.25) is 0 Å². The molecule has 0 atom stereocenters. The number of carbonyl (C=O) groups excluding carboxylic acids is 1. The van der Waals surface area contributed by atoms with Gasteiger partial charge in [0.15, 0.2) is 5.78 Å². The standard InChI is InChI=1S/C13H14O2/c14-12-9-5-4-8-11(12)13(15)10-6-2-1-3-7-10/h1-3,6-7,15H,4-5,8-9H2/b13-11+. The Morgan fingerprint density at radius 1 is 1.07 bits per heavy atom. The predicted molar refractivity (Wildman–Crippen MR) is 59.5 cm³/mol. The molecule has 1 fully saturated rings. The number of allylic oxidation sites excluding steroid dienone is 1. The van der Waals surface area contributed by atoms with E-state index in [0.29, 0.717) is 18.4 Å². The third-order valence-electron chi connectivity index (χ3n) is 2.75. The molecule has 0 bridgehead atoms. The summed E-state index contributed by atoms with van der Waals surface area (Å²) in [4.78, 5) is 11.6. The Morgan fingerprint density at radius 2 is 1.73 bits per heavy atom. The van der Waals surface area contributed by atoms with Gasteiger partial charge in [-0.15, -0.1) is 0 Å². The number of carbonyl (C=O) groups is 1. The first kappa shape index (κ1) is 9.97. The van der Waals surface area contributed by atoms with Gasteiger partial charge >= 0.3 is 0 Å². The third kappa shape index (κ3) is 2.09. The summed E-state index contributed by atoms with van der Waals surface area (Å²) in [6.45, 7) is 0. The van der Waals surface area contributed by atoms with E-state index in [4.69, 9.17) is 0 Å². The molecule has 1 aromatic rings. The van der Waals surface area contributed by atoms with Gasteiger partial charge < -0.3 is 5.11 Å². The van der Waals surface area contributed by atoms with Crippen LogP contribution in [0.1, 0.15) is 31.2 Å². The zero-order chi connectivity index (χ0) is 10.7. The smallest absolute Gasteiger partial charge is 0.162 e. The molecule has 0 spiro atoms. The Balaban J connectivity index is 2.35. The van der Waals surface area contributed by atoms with E-state index >= 15 is 0 Å². The van der Waals surface area contributed by atoms with Crippen molar-refractivity contribution in [2.75, 3.05) is 0 Å². The lowest BCUT2D eigenvalue weighted by Gasteiger charge is -2.14. The fourth-order valence-corrected chi connectivity index (χ4v) is 1.90. The number of benzene rings is 1. The van der Waals surface area contributed by atoms with Crippen LogP contribution in [0, 0.1) is 0 Å². The Kier molecular flexibility index (Phi) is 2.86. The lowest BCUT2D eigenvalue weighted by Crippen LogP contribution is -2.10. The highest BCUT2D eigenvalue weighted by Crippen LogP contribution is 2.26. The van der Waals surface area contributed by atoms with Gasteiger partial charge in [-0.3, -0.25) is 4.79 Å². The Labute approximate surface area is 89.2 Å². The first-order valence-electron chi connectivity index (χ1n) is 5.30. The van der Waals surface area contributed by atoms with E-state index in [-0.39, 0.29) is 11.5 Å². The van der Waals surface area contributed by atoms with Crippen molar-refractivity contribution in [3.63, 3.8) is 0 Å². The summed E-state index contributed by atoms with van der Waals surface area (Å²) in [6, 6.07) is 9.26. The van der Waals surface area contributed by atoms with Crippen LogP contribution in [-0.2, 0) is 4.79 Å². The number of Topliss-reactive ketones (excluding diaryl/α,β-unsaturated/α-hetero) is 1. The van der Waals surface area contributed by atoms with E-state index in [0.717, 1.165) is 18.4 Å². The summed E-state index contributed by atoms with van der Waals surface area (Å²) < 4.78 is 0. The topological polar surface area (TPSA) is 37.3 Å². The first-order valence-corrected chi connectivity index (χ1v) is 5.30. The second-order valence-corrected chi connectivity index (χ2v) is 3.82. The highest BCUT2D eigenvalue weighted by atomic mass is 16.3. The average molecular weight is 202 g/mol. The van der Waals surface area contributed by atoms with E-state index < -0.39 is 0 Å². The summed E-state index contributed by atoms with van der Waals surface area (Å²) >= 11 is 0. The Bertz CT molecular complexity index is 390. The number of hydrogen-bond acceptors (Lipinski definition) is 2. The maximum Gasteiger partial charge on any atom is 0.162 e. The maximum absolute atomic E-state index is 11.6. The van der Waals surface area contributed by atoms with E-state index in [9.17, 15) is 9.90 Å². The summed E-state index contributed by atoms with van der Waals surface area (Å²) in [6.07, 6.45) is 3.23. The van der Waals surface area contributed by atoms with Crippen LogP contribution < -0.4 is 0 Å². The van der Waals surface area contributed by atoms with Crippen LogP contribution in [0.3, 0.4) is 0 Å². The number of ketones is 1. The fraction of sp³-hybridized carbons (Fsp3) is 0.308. The fourth-order valence-electron chi connectivity index (χ4n) is 1.90. The van der Waals surface area contributed by atoms with Crippen molar-refractivity contribution in [3.8, 4) is 0 Å². The van der Waals surface area contributed by atoms with Gasteiger partial charge in [-0.05, 0) is 19.3 Å². The largest absolute Gasteiger partial charge is 0.507 e. The molecule has 0 amide bonds. The zero-order valence-corrected chi connectivity index (χ0v) is 8.57. The molecular weight excluding hydrogens is 188 g/mol. The molecule has 0 unspecified atom stereocenters. The molecule has 1 N–H and O–H groups in total. The molecule has 78 valence electrons. The van der Waals surface area contributed by atoms with E-state index in [2.05, 4.69) is 0 Å². The second-order valence-electron chi connectivity index (χ2n) is 3.82. The maximum atomic E-state index is 11.6. The molecular formula is C13H14O2. The molecule has 15 heavy (non-hydrogen) atoms. The third-order valence-corrected chi connectivity index (χ3v) is 2.75. The van der Waals surface area contributed by atoms with Gasteiger partial charge in [-0.25, -0.2) is 0 Å². The first-order chi connectivity index (χ1) is 7.29. The molecule has 2 heteroatoms. The molecule has 1 aliphatic carbocycles. The molecule has 0 aliphatic heterocycles. The SMILES string of the molecule is O=C1CCCC/C1=C(\O)c1ccccc1. The van der Waals surface area contributed by atoms with Gasteiger partial charge in [0.25, 0.3) is 0 Å². The summed E-state index contributed by atoms with van der Waals surface area (Å²) in [5, 5.41) is 9.97. The quantitative estimate of drug-likeness (QED) is 0.561. The minimum atomic E-state index is 0.0996. The van der Waals surface area contributed by atoms with Crippen LogP contribution in [-0.4, -0.2) is 10.9 Å². The predicted octanol–water partition coefficient (Wildman–Crippen LogP) is 3.10. The summed E-state index contributed by atoms with van der Waals surface area (Å²) in [7, 11) is 0. The van der Waals surface area contributed by atoms with Crippen molar-refractivity contribution in [1.82, 2.24) is 0 Å². The van der Waals surface area contributed by atoms with Crippen LogP contribution >= 0.6 is 0 Å². The minimum absolute atomic E-state index is 0.0996. The molecule has 1 saturated carbocycles. The molecule has 0 saturated heterocycles. The molecule has 0 aromatic heterocycles. The lowest BCUT2D eigenvalue weighted by atomic mass is 9.91. The van der Waals surface area contributed by atoms with Gasteiger partial charge in [0.1, 0.15) is 5.76 Å². The summed E-state index contributed by atoms with van der Waals surface area (Å²) in [5.41, 5.74) is 1.34. The number of aliphatic hydroxyl groups is 1. The highest BCUT2D eigenvalue weighted by molar-refractivity contribution is 6.01. The van der Waals surface area contributed by atoms with Gasteiger partial charge in [-0.1, -0.05) is 30.3 Å². The molecule has 1 aliphatic rings. The molecule has 0 heterocycles. The molecule has 1 aromatic carbocycles.